The van der Waals surface area contributed by atoms with Crippen LogP contribution in [0.15, 0.2) is 18.2 Å². The normalized spacial score (nSPS) is 14.1. The van der Waals surface area contributed by atoms with Crippen LogP contribution in [-0.2, 0) is 14.3 Å². The Balaban J connectivity index is 1.94. The van der Waals surface area contributed by atoms with Crippen molar-refractivity contribution in [2.45, 2.75) is 19.3 Å². The van der Waals surface area contributed by atoms with Crippen LogP contribution in [0.4, 0.5) is 11.4 Å². The third-order valence-electron chi connectivity index (χ3n) is 3.21. The summed E-state index contributed by atoms with van der Waals surface area (Å²) in [6.07, 6.45) is 2.54. The summed E-state index contributed by atoms with van der Waals surface area (Å²) in [5.74, 6) is -1.18. The molecule has 8 heteroatoms. The van der Waals surface area contributed by atoms with Gasteiger partial charge in [-0.05, 0) is 25.0 Å². The van der Waals surface area contributed by atoms with Crippen molar-refractivity contribution in [3.63, 3.8) is 0 Å². The van der Waals surface area contributed by atoms with Crippen molar-refractivity contribution in [3.05, 3.63) is 33.3 Å². The number of nitro benzene ring substituents is 1. The molecule has 112 valence electrons. The lowest BCUT2D eigenvalue weighted by molar-refractivity contribution is -0.383. The van der Waals surface area contributed by atoms with Crippen molar-refractivity contribution in [3.8, 4) is 0 Å². The summed E-state index contributed by atoms with van der Waals surface area (Å²) in [4.78, 5) is 33.4. The summed E-state index contributed by atoms with van der Waals surface area (Å²) >= 11 is 5.74. The van der Waals surface area contributed by atoms with Crippen molar-refractivity contribution in [2.24, 2.45) is 5.92 Å². The highest BCUT2D eigenvalue weighted by atomic mass is 35.5. The van der Waals surface area contributed by atoms with Crippen molar-refractivity contribution >= 4 is 34.9 Å². The zero-order chi connectivity index (χ0) is 15.4. The number of anilines is 1. The summed E-state index contributed by atoms with van der Waals surface area (Å²) in [5, 5.41) is 13.4. The quantitative estimate of drug-likeness (QED) is 0.511. The number of nitrogens with zero attached hydrogens (tertiary/aromatic N) is 1. The number of carbonyl (C=O) groups is 2. The van der Waals surface area contributed by atoms with Crippen LogP contribution in [0.3, 0.4) is 0 Å². The molecule has 1 amide bonds. The van der Waals surface area contributed by atoms with Gasteiger partial charge in [-0.25, -0.2) is 0 Å². The smallest absolute Gasteiger partial charge is 0.309 e. The molecular formula is C13H13ClN2O5. The molecule has 0 bridgehead atoms. The van der Waals surface area contributed by atoms with E-state index >= 15 is 0 Å². The Labute approximate surface area is 125 Å². The Bertz CT molecular complexity index is 586. The first kappa shape index (κ1) is 15.2. The Morgan fingerprint density at radius 2 is 2.14 bits per heavy atom. The highest BCUT2D eigenvalue weighted by Crippen LogP contribution is 2.28. The Hall–Kier alpha value is -2.15. The predicted octanol–water partition coefficient (Wildman–Crippen LogP) is 2.53. The average molecular weight is 313 g/mol. The Kier molecular flexibility index (Phi) is 4.74. The SMILES string of the molecule is O=C(COC(=O)C1CCC1)Nc1cc(Cl)ccc1[N+](=O)[O-]. The van der Waals surface area contributed by atoms with E-state index in [1.165, 1.54) is 18.2 Å². The van der Waals surface area contributed by atoms with Gasteiger partial charge < -0.3 is 10.1 Å². The molecule has 0 spiro atoms. The number of nitrogens with one attached hydrogen (secondary N) is 1. The second-order valence-electron chi connectivity index (χ2n) is 4.70. The summed E-state index contributed by atoms with van der Waals surface area (Å²) in [7, 11) is 0. The molecule has 1 aliphatic carbocycles. The summed E-state index contributed by atoms with van der Waals surface area (Å²) in [6, 6.07) is 3.82. The van der Waals surface area contributed by atoms with E-state index in [0.29, 0.717) is 0 Å². The molecule has 1 aromatic carbocycles. The number of esters is 1. The van der Waals surface area contributed by atoms with Gasteiger partial charge in [-0.1, -0.05) is 18.0 Å². The average Bonchev–Trinajstić information content (AvgIpc) is 2.34. The second kappa shape index (κ2) is 6.53. The monoisotopic (exact) mass is 312 g/mol. The van der Waals surface area contributed by atoms with Crippen molar-refractivity contribution in [2.75, 3.05) is 11.9 Å². The maximum Gasteiger partial charge on any atom is 0.309 e. The first-order valence-corrected chi connectivity index (χ1v) is 6.75. The molecular weight excluding hydrogens is 300 g/mol. The Morgan fingerprint density at radius 1 is 1.43 bits per heavy atom. The molecule has 1 fully saturated rings. The topological polar surface area (TPSA) is 98.5 Å². The standard InChI is InChI=1S/C13H13ClN2O5/c14-9-4-5-11(16(19)20)10(6-9)15-12(17)7-21-13(18)8-2-1-3-8/h4-6,8H,1-3,7H2,(H,15,17). The van der Waals surface area contributed by atoms with Crippen LogP contribution in [0, 0.1) is 16.0 Å². The molecule has 0 aliphatic heterocycles. The predicted molar refractivity (Wildman–Crippen MR) is 75.0 cm³/mol. The largest absolute Gasteiger partial charge is 0.455 e. The molecule has 0 radical (unpaired) electrons. The fourth-order valence-corrected chi connectivity index (χ4v) is 2.02. The lowest BCUT2D eigenvalue weighted by Crippen LogP contribution is -2.28. The molecule has 7 nitrogen and oxygen atoms in total. The molecule has 0 atom stereocenters. The maximum atomic E-state index is 11.7. The van der Waals surface area contributed by atoms with Gasteiger partial charge >= 0.3 is 5.97 Å². The molecule has 0 heterocycles. The third kappa shape index (κ3) is 3.91. The maximum absolute atomic E-state index is 11.7. The van der Waals surface area contributed by atoms with Gasteiger partial charge in [0.15, 0.2) is 6.61 Å². The Morgan fingerprint density at radius 3 is 2.71 bits per heavy atom. The fraction of sp³-hybridized carbons (Fsp3) is 0.385. The molecule has 2 rings (SSSR count). The van der Waals surface area contributed by atoms with Crippen LogP contribution in [0.25, 0.3) is 0 Å². The zero-order valence-corrected chi connectivity index (χ0v) is 11.8. The van der Waals surface area contributed by atoms with E-state index in [2.05, 4.69) is 5.32 Å². The van der Waals surface area contributed by atoms with Crippen LogP contribution >= 0.6 is 11.6 Å². The summed E-state index contributed by atoms with van der Waals surface area (Å²) in [5.41, 5.74) is -0.310. The molecule has 0 aromatic heterocycles. The molecule has 0 saturated heterocycles. The lowest BCUT2D eigenvalue weighted by atomic mass is 9.86. The van der Waals surface area contributed by atoms with E-state index in [0.717, 1.165) is 19.3 Å². The number of amides is 1. The second-order valence-corrected chi connectivity index (χ2v) is 5.14. The molecule has 21 heavy (non-hydrogen) atoms. The molecule has 1 aliphatic rings. The summed E-state index contributed by atoms with van der Waals surface area (Å²) in [6.45, 7) is -0.473. The van der Waals surface area contributed by atoms with Crippen LogP contribution in [0.1, 0.15) is 19.3 Å². The number of hydrogen-bond donors (Lipinski definition) is 1. The van der Waals surface area contributed by atoms with E-state index in [-0.39, 0.29) is 22.3 Å². The zero-order valence-electron chi connectivity index (χ0n) is 11.0. The van der Waals surface area contributed by atoms with Gasteiger partial charge in [-0.3, -0.25) is 19.7 Å². The van der Waals surface area contributed by atoms with Crippen LogP contribution in [0.2, 0.25) is 5.02 Å². The minimum Gasteiger partial charge on any atom is -0.455 e. The fourth-order valence-electron chi connectivity index (χ4n) is 1.85. The number of halogens is 1. The molecule has 1 aromatic rings. The highest BCUT2D eigenvalue weighted by Gasteiger charge is 2.27. The van der Waals surface area contributed by atoms with Crippen LogP contribution < -0.4 is 5.32 Å². The van der Waals surface area contributed by atoms with Gasteiger partial charge in [-0.2, -0.15) is 0 Å². The van der Waals surface area contributed by atoms with Gasteiger partial charge in [0, 0.05) is 11.1 Å². The number of ether oxygens (including phenoxy) is 1. The van der Waals surface area contributed by atoms with Crippen molar-refractivity contribution < 1.29 is 19.2 Å². The van der Waals surface area contributed by atoms with Gasteiger partial charge in [0.05, 0.1) is 10.8 Å². The first-order valence-electron chi connectivity index (χ1n) is 6.38. The minimum atomic E-state index is -0.645. The van der Waals surface area contributed by atoms with Gasteiger partial charge in [0.2, 0.25) is 0 Å². The first-order chi connectivity index (χ1) is 9.97. The molecule has 1 saturated carbocycles. The van der Waals surface area contributed by atoms with Crippen molar-refractivity contribution in [1.29, 1.82) is 0 Å². The number of benzene rings is 1. The van der Waals surface area contributed by atoms with Gasteiger partial charge in [0.25, 0.3) is 11.6 Å². The number of rotatable bonds is 5. The van der Waals surface area contributed by atoms with Crippen LogP contribution in [-0.4, -0.2) is 23.4 Å². The van der Waals surface area contributed by atoms with E-state index in [1.54, 1.807) is 0 Å². The van der Waals surface area contributed by atoms with Gasteiger partial charge in [-0.15, -0.1) is 0 Å². The van der Waals surface area contributed by atoms with Crippen LogP contribution in [0.5, 0.6) is 0 Å². The molecule has 0 unspecified atom stereocenters. The van der Waals surface area contributed by atoms with Gasteiger partial charge in [0.1, 0.15) is 5.69 Å². The minimum absolute atomic E-state index is 0.0304. The lowest BCUT2D eigenvalue weighted by Gasteiger charge is -2.22. The number of hydrogen-bond acceptors (Lipinski definition) is 5. The third-order valence-corrected chi connectivity index (χ3v) is 3.45. The number of carbonyl (C=O) groups excluding carboxylic acids is 2. The summed E-state index contributed by atoms with van der Waals surface area (Å²) < 4.78 is 4.86. The number of nitro groups is 1. The van der Waals surface area contributed by atoms with E-state index in [1.807, 2.05) is 0 Å². The highest BCUT2D eigenvalue weighted by molar-refractivity contribution is 6.31. The van der Waals surface area contributed by atoms with Crippen molar-refractivity contribution in [1.82, 2.24) is 0 Å². The van der Waals surface area contributed by atoms with E-state index < -0.39 is 23.4 Å². The molecule has 1 N–H and O–H groups in total. The van der Waals surface area contributed by atoms with E-state index in [4.69, 9.17) is 16.3 Å². The van der Waals surface area contributed by atoms with E-state index in [9.17, 15) is 19.7 Å².